The van der Waals surface area contributed by atoms with E-state index in [-0.39, 0.29) is 0 Å². The summed E-state index contributed by atoms with van der Waals surface area (Å²) < 4.78 is 0. The average molecular weight is 265 g/mol. The molecule has 0 amide bonds. The Morgan fingerprint density at radius 3 is 2.00 bits per heavy atom. The summed E-state index contributed by atoms with van der Waals surface area (Å²) in [5.41, 5.74) is 5.95. The molecular formula is C18H21N2+. The van der Waals surface area contributed by atoms with Crippen LogP contribution in [0.1, 0.15) is 17.0 Å². The van der Waals surface area contributed by atoms with Gasteiger partial charge in [0.2, 0.25) is 0 Å². The average Bonchev–Trinajstić information content (AvgIpc) is 2.84. The molecule has 102 valence electrons. The molecule has 1 heterocycles. The van der Waals surface area contributed by atoms with Crippen LogP contribution in [-0.4, -0.2) is 32.7 Å². The van der Waals surface area contributed by atoms with Crippen LogP contribution in [0.25, 0.3) is 11.1 Å². The Morgan fingerprint density at radius 1 is 0.850 bits per heavy atom. The molecule has 4 rings (SSSR count). The molecule has 0 atom stereocenters. The SMILES string of the molecule is c1ccc2c(c1)-c1ccccc1C2C[NH+]1CCNCC1. The van der Waals surface area contributed by atoms with Crippen molar-refractivity contribution >= 4 is 0 Å². The van der Waals surface area contributed by atoms with Gasteiger partial charge in [0.25, 0.3) is 0 Å². The molecule has 20 heavy (non-hydrogen) atoms. The summed E-state index contributed by atoms with van der Waals surface area (Å²) in [7, 11) is 0. The van der Waals surface area contributed by atoms with Crippen LogP contribution >= 0.6 is 0 Å². The molecule has 2 heteroatoms. The number of quaternary nitrogens is 1. The molecule has 0 saturated carbocycles. The number of nitrogens with one attached hydrogen (secondary N) is 2. The smallest absolute Gasteiger partial charge is 0.0898 e. The molecule has 0 bridgehead atoms. The van der Waals surface area contributed by atoms with Crippen molar-refractivity contribution in [3.63, 3.8) is 0 Å². The van der Waals surface area contributed by atoms with Crippen LogP contribution < -0.4 is 10.2 Å². The number of piperazine rings is 1. The van der Waals surface area contributed by atoms with Crippen LogP contribution in [0.15, 0.2) is 48.5 Å². The first-order valence-electron chi connectivity index (χ1n) is 7.66. The summed E-state index contributed by atoms with van der Waals surface area (Å²) in [4.78, 5) is 1.74. The van der Waals surface area contributed by atoms with Crippen molar-refractivity contribution in [2.45, 2.75) is 5.92 Å². The zero-order valence-electron chi connectivity index (χ0n) is 11.7. The Morgan fingerprint density at radius 2 is 1.40 bits per heavy atom. The minimum Gasteiger partial charge on any atom is -0.332 e. The van der Waals surface area contributed by atoms with E-state index in [1.807, 2.05) is 0 Å². The van der Waals surface area contributed by atoms with Crippen LogP contribution in [0, 0.1) is 0 Å². The van der Waals surface area contributed by atoms with Crippen molar-refractivity contribution in [2.75, 3.05) is 32.7 Å². The summed E-state index contributed by atoms with van der Waals surface area (Å²) in [5, 5.41) is 3.46. The molecule has 0 unspecified atom stereocenters. The zero-order valence-corrected chi connectivity index (χ0v) is 11.7. The summed E-state index contributed by atoms with van der Waals surface area (Å²) in [6.07, 6.45) is 0. The standard InChI is InChI=1S/C18H20N2/c1-3-7-16-14(5-1)15-6-2-4-8-17(15)18(16)13-20-11-9-19-10-12-20/h1-8,18-19H,9-13H2/p+1. The van der Waals surface area contributed by atoms with E-state index in [4.69, 9.17) is 0 Å². The lowest BCUT2D eigenvalue weighted by Gasteiger charge is -2.27. The second-order valence-electron chi connectivity index (χ2n) is 5.93. The third-order valence-corrected chi connectivity index (χ3v) is 4.77. The number of rotatable bonds is 2. The van der Waals surface area contributed by atoms with Gasteiger partial charge in [0.15, 0.2) is 0 Å². The van der Waals surface area contributed by atoms with E-state index in [1.54, 1.807) is 4.90 Å². The van der Waals surface area contributed by atoms with E-state index in [2.05, 4.69) is 53.8 Å². The third kappa shape index (κ3) is 1.96. The third-order valence-electron chi connectivity index (χ3n) is 4.77. The molecule has 2 aliphatic rings. The fourth-order valence-electron chi connectivity index (χ4n) is 3.75. The lowest BCUT2D eigenvalue weighted by atomic mass is 9.96. The zero-order chi connectivity index (χ0) is 13.4. The van der Waals surface area contributed by atoms with Crippen molar-refractivity contribution in [1.29, 1.82) is 0 Å². The second kappa shape index (κ2) is 5.04. The van der Waals surface area contributed by atoms with E-state index in [1.165, 1.54) is 41.9 Å². The molecule has 1 saturated heterocycles. The van der Waals surface area contributed by atoms with Gasteiger partial charge in [-0.25, -0.2) is 0 Å². The predicted octanol–water partition coefficient (Wildman–Crippen LogP) is 1.29. The first-order chi connectivity index (χ1) is 9.93. The summed E-state index contributed by atoms with van der Waals surface area (Å²) in [5.74, 6) is 0.579. The fraction of sp³-hybridized carbons (Fsp3) is 0.333. The predicted molar refractivity (Wildman–Crippen MR) is 82.2 cm³/mol. The molecule has 2 aromatic carbocycles. The molecule has 2 aromatic rings. The molecule has 0 radical (unpaired) electrons. The fourth-order valence-corrected chi connectivity index (χ4v) is 3.75. The van der Waals surface area contributed by atoms with Gasteiger partial charge in [0.05, 0.1) is 25.6 Å². The quantitative estimate of drug-likeness (QED) is 0.836. The summed E-state index contributed by atoms with van der Waals surface area (Å²) in [6.45, 7) is 6.05. The van der Waals surface area contributed by atoms with Gasteiger partial charge in [0.1, 0.15) is 0 Å². The van der Waals surface area contributed by atoms with Gasteiger partial charge in [-0.2, -0.15) is 0 Å². The van der Waals surface area contributed by atoms with Crippen molar-refractivity contribution < 1.29 is 4.90 Å². The van der Waals surface area contributed by atoms with E-state index in [0.29, 0.717) is 5.92 Å². The monoisotopic (exact) mass is 265 g/mol. The Bertz CT molecular complexity index is 569. The van der Waals surface area contributed by atoms with Gasteiger partial charge in [-0.3, -0.25) is 0 Å². The van der Waals surface area contributed by atoms with E-state index in [9.17, 15) is 0 Å². The molecular weight excluding hydrogens is 244 g/mol. The number of benzene rings is 2. The minimum atomic E-state index is 0.579. The molecule has 1 aliphatic carbocycles. The largest absolute Gasteiger partial charge is 0.332 e. The Balaban J connectivity index is 1.71. The van der Waals surface area contributed by atoms with Crippen molar-refractivity contribution in [3.8, 4) is 11.1 Å². The van der Waals surface area contributed by atoms with E-state index in [0.717, 1.165) is 13.1 Å². The van der Waals surface area contributed by atoms with E-state index < -0.39 is 0 Å². The van der Waals surface area contributed by atoms with Crippen LogP contribution in [0.5, 0.6) is 0 Å². The Kier molecular flexibility index (Phi) is 3.06. The van der Waals surface area contributed by atoms with Gasteiger partial charge in [0, 0.05) is 13.1 Å². The number of hydrogen-bond acceptors (Lipinski definition) is 1. The lowest BCUT2D eigenvalue weighted by molar-refractivity contribution is -0.902. The highest BCUT2D eigenvalue weighted by Gasteiger charge is 2.31. The van der Waals surface area contributed by atoms with Crippen molar-refractivity contribution in [1.82, 2.24) is 5.32 Å². The maximum absolute atomic E-state index is 3.46. The lowest BCUT2D eigenvalue weighted by Crippen LogP contribution is -3.15. The van der Waals surface area contributed by atoms with Crippen molar-refractivity contribution in [2.24, 2.45) is 0 Å². The van der Waals surface area contributed by atoms with Crippen LogP contribution in [0.3, 0.4) is 0 Å². The van der Waals surface area contributed by atoms with Crippen LogP contribution in [-0.2, 0) is 0 Å². The number of hydrogen-bond donors (Lipinski definition) is 2. The van der Waals surface area contributed by atoms with Gasteiger partial charge in [-0.15, -0.1) is 0 Å². The van der Waals surface area contributed by atoms with Gasteiger partial charge in [-0.1, -0.05) is 48.5 Å². The first kappa shape index (κ1) is 12.1. The Labute approximate surface area is 120 Å². The second-order valence-corrected chi connectivity index (χ2v) is 5.93. The van der Waals surface area contributed by atoms with Crippen LogP contribution in [0.2, 0.25) is 0 Å². The highest BCUT2D eigenvalue weighted by molar-refractivity contribution is 5.78. The number of fused-ring (bicyclic) bond motifs is 3. The van der Waals surface area contributed by atoms with Gasteiger partial charge >= 0.3 is 0 Å². The first-order valence-corrected chi connectivity index (χ1v) is 7.66. The molecule has 2 N–H and O–H groups in total. The Hall–Kier alpha value is -1.64. The normalized spacial score (nSPS) is 18.8. The minimum absolute atomic E-state index is 0.579. The van der Waals surface area contributed by atoms with Gasteiger partial charge in [-0.05, 0) is 22.3 Å². The topological polar surface area (TPSA) is 16.5 Å². The molecule has 1 aliphatic heterocycles. The maximum atomic E-state index is 3.46. The molecule has 0 aromatic heterocycles. The van der Waals surface area contributed by atoms with Crippen molar-refractivity contribution in [3.05, 3.63) is 59.7 Å². The highest BCUT2D eigenvalue weighted by Crippen LogP contribution is 2.43. The highest BCUT2D eigenvalue weighted by atomic mass is 15.2. The van der Waals surface area contributed by atoms with E-state index >= 15 is 0 Å². The maximum Gasteiger partial charge on any atom is 0.0898 e. The summed E-state index contributed by atoms with van der Waals surface area (Å²) >= 11 is 0. The molecule has 0 spiro atoms. The van der Waals surface area contributed by atoms with Crippen LogP contribution in [0.4, 0.5) is 0 Å². The van der Waals surface area contributed by atoms with Gasteiger partial charge < -0.3 is 10.2 Å². The summed E-state index contributed by atoms with van der Waals surface area (Å²) in [6, 6.07) is 17.9. The molecule has 2 nitrogen and oxygen atoms in total. The molecule has 1 fully saturated rings.